The molecule has 2 amide bonds. The fourth-order valence-corrected chi connectivity index (χ4v) is 5.94. The van der Waals surface area contributed by atoms with Crippen LogP contribution in [0.1, 0.15) is 48.9 Å². The summed E-state index contributed by atoms with van der Waals surface area (Å²) >= 11 is 0. The first-order chi connectivity index (χ1) is 19.5. The highest BCUT2D eigenvalue weighted by molar-refractivity contribution is 7.92. The highest BCUT2D eigenvalue weighted by Gasteiger charge is 2.34. The van der Waals surface area contributed by atoms with E-state index in [-0.39, 0.29) is 23.0 Å². The Hall–Kier alpha value is -3.85. The van der Waals surface area contributed by atoms with Crippen molar-refractivity contribution in [2.45, 2.75) is 64.9 Å². The normalized spacial score (nSPS) is 12.0. The molecule has 9 heteroatoms. The van der Waals surface area contributed by atoms with Crippen molar-refractivity contribution < 1.29 is 22.7 Å². The lowest BCUT2D eigenvalue weighted by Crippen LogP contribution is -2.52. The fraction of sp³-hybridized carbons (Fsp3) is 0.375. The average molecular weight is 580 g/mol. The number of aryl methyl sites for hydroxylation is 3. The van der Waals surface area contributed by atoms with Gasteiger partial charge in [0, 0.05) is 13.1 Å². The summed E-state index contributed by atoms with van der Waals surface area (Å²) in [5, 5.41) is 2.90. The van der Waals surface area contributed by atoms with Crippen molar-refractivity contribution in [2.24, 2.45) is 0 Å². The summed E-state index contributed by atoms with van der Waals surface area (Å²) in [5.41, 5.74) is 3.88. The quantitative estimate of drug-likeness (QED) is 0.302. The van der Waals surface area contributed by atoms with Gasteiger partial charge in [-0.1, -0.05) is 67.4 Å². The number of amides is 2. The fourth-order valence-electron chi connectivity index (χ4n) is 4.52. The molecule has 0 saturated carbocycles. The highest BCUT2D eigenvalue weighted by Crippen LogP contribution is 2.34. The SMILES string of the molecule is CCCNC(=O)[C@H](CC)N(Cc1ccc(C)cc1)C(=O)CN(c1cc(C)ccc1OC)S(=O)(=O)c1ccc(C)cc1. The van der Waals surface area contributed by atoms with Crippen LogP contribution >= 0.6 is 0 Å². The number of benzene rings is 3. The van der Waals surface area contributed by atoms with Crippen LogP contribution in [0.5, 0.6) is 5.75 Å². The Bertz CT molecular complexity index is 1440. The third kappa shape index (κ3) is 7.88. The van der Waals surface area contributed by atoms with Crippen molar-refractivity contribution in [1.29, 1.82) is 0 Å². The zero-order valence-electron chi connectivity index (χ0n) is 24.8. The van der Waals surface area contributed by atoms with E-state index in [1.807, 2.05) is 65.0 Å². The van der Waals surface area contributed by atoms with Crippen molar-refractivity contribution in [1.82, 2.24) is 10.2 Å². The van der Waals surface area contributed by atoms with Crippen LogP contribution in [-0.4, -0.2) is 51.4 Å². The molecule has 3 aromatic rings. The Morgan fingerprint density at radius 2 is 1.46 bits per heavy atom. The maximum atomic E-state index is 14.2. The lowest BCUT2D eigenvalue weighted by molar-refractivity contribution is -0.140. The Morgan fingerprint density at radius 1 is 0.878 bits per heavy atom. The molecule has 220 valence electrons. The van der Waals surface area contributed by atoms with Crippen LogP contribution in [0.25, 0.3) is 0 Å². The third-order valence-electron chi connectivity index (χ3n) is 6.90. The molecule has 0 aromatic heterocycles. The highest BCUT2D eigenvalue weighted by atomic mass is 32.2. The summed E-state index contributed by atoms with van der Waals surface area (Å²) in [6, 6.07) is 18.6. The van der Waals surface area contributed by atoms with Gasteiger partial charge in [-0.3, -0.25) is 13.9 Å². The van der Waals surface area contributed by atoms with Crippen molar-refractivity contribution in [3.8, 4) is 5.75 Å². The lowest BCUT2D eigenvalue weighted by atomic mass is 10.1. The molecule has 0 aliphatic carbocycles. The number of anilines is 1. The van der Waals surface area contributed by atoms with Crippen LogP contribution < -0.4 is 14.4 Å². The first-order valence-corrected chi connectivity index (χ1v) is 15.3. The molecule has 41 heavy (non-hydrogen) atoms. The average Bonchev–Trinajstić information content (AvgIpc) is 2.95. The Balaban J connectivity index is 2.11. The summed E-state index contributed by atoms with van der Waals surface area (Å²) in [6.45, 7) is 9.61. The van der Waals surface area contributed by atoms with E-state index in [2.05, 4.69) is 5.32 Å². The number of hydrogen-bond donors (Lipinski definition) is 1. The summed E-state index contributed by atoms with van der Waals surface area (Å²) in [7, 11) is -2.73. The van der Waals surface area contributed by atoms with Crippen molar-refractivity contribution in [3.05, 3.63) is 89.0 Å². The largest absolute Gasteiger partial charge is 0.495 e. The first-order valence-electron chi connectivity index (χ1n) is 13.9. The van der Waals surface area contributed by atoms with Gasteiger partial charge in [-0.2, -0.15) is 0 Å². The second kappa shape index (κ2) is 14.2. The molecular weight excluding hydrogens is 538 g/mol. The van der Waals surface area contributed by atoms with Gasteiger partial charge in [-0.15, -0.1) is 0 Å². The second-order valence-electron chi connectivity index (χ2n) is 10.2. The number of ether oxygens (including phenoxy) is 1. The lowest BCUT2D eigenvalue weighted by Gasteiger charge is -2.33. The number of carbonyl (C=O) groups excluding carboxylic acids is 2. The van der Waals surface area contributed by atoms with Gasteiger partial charge in [0.25, 0.3) is 10.0 Å². The molecule has 3 aromatic carbocycles. The molecule has 0 radical (unpaired) electrons. The van der Waals surface area contributed by atoms with Gasteiger partial charge in [0.15, 0.2) is 0 Å². The number of rotatable bonds is 13. The summed E-state index contributed by atoms with van der Waals surface area (Å²) < 4.78 is 34.8. The predicted octanol–water partition coefficient (Wildman–Crippen LogP) is 5.15. The number of nitrogens with one attached hydrogen (secondary N) is 1. The number of carbonyl (C=O) groups is 2. The summed E-state index contributed by atoms with van der Waals surface area (Å²) in [6.07, 6.45) is 1.12. The van der Waals surface area contributed by atoms with Crippen LogP contribution in [0.15, 0.2) is 71.6 Å². The molecule has 0 spiro atoms. The minimum Gasteiger partial charge on any atom is -0.495 e. The third-order valence-corrected chi connectivity index (χ3v) is 8.67. The van der Waals surface area contributed by atoms with Crippen molar-refractivity contribution in [2.75, 3.05) is 24.5 Å². The van der Waals surface area contributed by atoms with E-state index < -0.39 is 28.5 Å². The molecule has 1 N–H and O–H groups in total. The van der Waals surface area contributed by atoms with E-state index in [0.717, 1.165) is 33.0 Å². The molecule has 8 nitrogen and oxygen atoms in total. The molecule has 0 aliphatic rings. The molecule has 3 rings (SSSR count). The Labute approximate surface area is 244 Å². The minimum absolute atomic E-state index is 0.0530. The topological polar surface area (TPSA) is 96.0 Å². The Morgan fingerprint density at radius 3 is 2.02 bits per heavy atom. The van der Waals surface area contributed by atoms with E-state index in [1.165, 1.54) is 24.1 Å². The van der Waals surface area contributed by atoms with Crippen LogP contribution in [0.4, 0.5) is 5.69 Å². The van der Waals surface area contributed by atoms with Gasteiger partial charge in [0.2, 0.25) is 11.8 Å². The van der Waals surface area contributed by atoms with Crippen molar-refractivity contribution >= 4 is 27.5 Å². The van der Waals surface area contributed by atoms with E-state index in [1.54, 1.807) is 24.3 Å². The smallest absolute Gasteiger partial charge is 0.264 e. The molecule has 1 atom stereocenters. The summed E-state index contributed by atoms with van der Waals surface area (Å²) in [4.78, 5) is 28.9. The number of hydrogen-bond acceptors (Lipinski definition) is 5. The molecule has 0 aliphatic heterocycles. The van der Waals surface area contributed by atoms with Crippen LogP contribution in [-0.2, 0) is 26.2 Å². The maximum Gasteiger partial charge on any atom is 0.264 e. The van der Waals surface area contributed by atoms with E-state index in [9.17, 15) is 18.0 Å². The minimum atomic E-state index is -4.19. The van der Waals surface area contributed by atoms with Crippen molar-refractivity contribution in [3.63, 3.8) is 0 Å². The number of nitrogens with zero attached hydrogens (tertiary/aromatic N) is 2. The zero-order chi connectivity index (χ0) is 30.2. The van der Waals surface area contributed by atoms with E-state index >= 15 is 0 Å². The zero-order valence-corrected chi connectivity index (χ0v) is 25.6. The Kier molecular flexibility index (Phi) is 10.9. The molecule has 0 unspecified atom stereocenters. The molecule has 0 heterocycles. The van der Waals surface area contributed by atoms with Gasteiger partial charge in [0.1, 0.15) is 18.3 Å². The molecule has 0 fully saturated rings. The predicted molar refractivity (Wildman–Crippen MR) is 163 cm³/mol. The van der Waals surface area contributed by atoms with Crippen LogP contribution in [0, 0.1) is 20.8 Å². The number of sulfonamides is 1. The first kappa shape index (κ1) is 31.7. The molecule has 0 bridgehead atoms. The van der Waals surface area contributed by atoms with Gasteiger partial charge < -0.3 is 15.0 Å². The van der Waals surface area contributed by atoms with Gasteiger partial charge in [0.05, 0.1) is 17.7 Å². The van der Waals surface area contributed by atoms with Gasteiger partial charge in [-0.05, 0) is 69.0 Å². The standard InChI is InChI=1S/C32H41N3O5S/c1-7-19-33-32(37)28(8-2)34(21-26-14-9-23(3)10-15-26)31(36)22-35(29-20-25(5)13-18-30(29)40-6)41(38,39)27-16-11-24(4)12-17-27/h9-18,20,28H,7-8,19,21-22H2,1-6H3,(H,33,37)/t28-/m0/s1. The van der Waals surface area contributed by atoms with E-state index in [4.69, 9.17) is 4.74 Å². The summed E-state index contributed by atoms with van der Waals surface area (Å²) in [5.74, 6) is -0.448. The number of methoxy groups -OCH3 is 1. The van der Waals surface area contributed by atoms with Crippen LogP contribution in [0.2, 0.25) is 0 Å². The second-order valence-corrected chi connectivity index (χ2v) is 12.1. The van der Waals surface area contributed by atoms with Crippen LogP contribution in [0.3, 0.4) is 0 Å². The molecular formula is C32H41N3O5S. The van der Waals surface area contributed by atoms with E-state index in [0.29, 0.717) is 18.7 Å². The maximum absolute atomic E-state index is 14.2. The molecule has 0 saturated heterocycles. The van der Waals surface area contributed by atoms with Gasteiger partial charge in [-0.25, -0.2) is 8.42 Å². The monoisotopic (exact) mass is 579 g/mol. The van der Waals surface area contributed by atoms with Gasteiger partial charge >= 0.3 is 0 Å².